The highest BCUT2D eigenvalue weighted by Crippen LogP contribution is 2.31. The molecule has 3 aromatic rings. The molecule has 0 amide bonds. The molecule has 18 heavy (non-hydrogen) atoms. The molecule has 5 nitrogen and oxygen atoms in total. The molecule has 0 atom stereocenters. The van der Waals surface area contributed by atoms with Crippen molar-refractivity contribution in [2.75, 3.05) is 0 Å². The van der Waals surface area contributed by atoms with Crippen molar-refractivity contribution in [3.05, 3.63) is 42.4 Å². The van der Waals surface area contributed by atoms with E-state index in [-0.39, 0.29) is 11.3 Å². The van der Waals surface area contributed by atoms with Crippen LogP contribution in [0.25, 0.3) is 22.2 Å². The third kappa shape index (κ3) is 1.45. The monoisotopic (exact) mass is 243 g/mol. The number of phenolic OH excluding ortho intramolecular Hbond substituents is 1. The van der Waals surface area contributed by atoms with E-state index in [9.17, 15) is 9.90 Å². The van der Waals surface area contributed by atoms with Crippen LogP contribution in [0.15, 0.2) is 41.2 Å². The summed E-state index contributed by atoms with van der Waals surface area (Å²) >= 11 is 0. The number of fused-ring (bicyclic) bond motifs is 1. The number of carbonyl (C=O) groups is 1. The molecule has 0 radical (unpaired) electrons. The number of aromatic carboxylic acids is 1. The maximum Gasteiger partial charge on any atom is 0.339 e. The lowest BCUT2D eigenvalue weighted by Gasteiger charge is -1.93. The lowest BCUT2D eigenvalue weighted by Crippen LogP contribution is -1.95. The first-order valence-corrected chi connectivity index (χ1v) is 5.27. The minimum atomic E-state index is -1.05. The van der Waals surface area contributed by atoms with Crippen LogP contribution in [0.2, 0.25) is 0 Å². The number of phenols is 1. The van der Waals surface area contributed by atoms with Crippen molar-refractivity contribution < 1.29 is 19.4 Å². The van der Waals surface area contributed by atoms with Gasteiger partial charge in [0.2, 0.25) is 0 Å². The van der Waals surface area contributed by atoms with Gasteiger partial charge in [-0.3, -0.25) is 0 Å². The number of carboxylic acid groups (broad SMARTS) is 1. The van der Waals surface area contributed by atoms with E-state index in [0.29, 0.717) is 16.6 Å². The molecule has 1 aromatic carbocycles. The quantitative estimate of drug-likeness (QED) is 0.645. The second-order valence-corrected chi connectivity index (χ2v) is 3.93. The number of hydrogen-bond acceptors (Lipinski definition) is 3. The molecule has 0 aliphatic heterocycles. The average molecular weight is 243 g/mol. The fraction of sp³-hybridized carbons (Fsp3) is 0. The van der Waals surface area contributed by atoms with Crippen LogP contribution >= 0.6 is 0 Å². The minimum Gasteiger partial charge on any atom is -0.507 e. The zero-order valence-corrected chi connectivity index (χ0v) is 9.18. The van der Waals surface area contributed by atoms with E-state index < -0.39 is 5.97 Å². The van der Waals surface area contributed by atoms with Gasteiger partial charge in [0.25, 0.3) is 0 Å². The number of H-pyrrole nitrogens is 1. The van der Waals surface area contributed by atoms with Crippen molar-refractivity contribution in [3.63, 3.8) is 0 Å². The van der Waals surface area contributed by atoms with Gasteiger partial charge in [0.05, 0.1) is 11.3 Å². The van der Waals surface area contributed by atoms with Gasteiger partial charge >= 0.3 is 5.97 Å². The Bertz CT molecular complexity index is 738. The molecule has 0 unspecified atom stereocenters. The Morgan fingerprint density at radius 1 is 1.28 bits per heavy atom. The normalized spacial score (nSPS) is 10.9. The summed E-state index contributed by atoms with van der Waals surface area (Å²) in [6, 6.07) is 6.79. The summed E-state index contributed by atoms with van der Waals surface area (Å²) in [5.74, 6) is -0.906. The largest absolute Gasteiger partial charge is 0.507 e. The summed E-state index contributed by atoms with van der Waals surface area (Å²) in [5.41, 5.74) is 1.87. The van der Waals surface area contributed by atoms with Crippen molar-refractivity contribution in [3.8, 4) is 17.0 Å². The molecule has 0 spiro atoms. The molecule has 3 rings (SSSR count). The van der Waals surface area contributed by atoms with Crippen LogP contribution in [-0.4, -0.2) is 21.2 Å². The molecule has 3 N–H and O–H groups in total. The Hall–Kier alpha value is -2.69. The molecule has 0 aliphatic carbocycles. The molecule has 0 aliphatic rings. The second-order valence-electron chi connectivity index (χ2n) is 3.93. The van der Waals surface area contributed by atoms with Gasteiger partial charge < -0.3 is 19.6 Å². The molecule has 2 aromatic heterocycles. The maximum absolute atomic E-state index is 11.0. The summed E-state index contributed by atoms with van der Waals surface area (Å²) in [6.07, 6.45) is 2.55. The van der Waals surface area contributed by atoms with Crippen molar-refractivity contribution in [1.82, 2.24) is 4.98 Å². The zero-order valence-electron chi connectivity index (χ0n) is 9.18. The summed E-state index contributed by atoms with van der Waals surface area (Å²) in [4.78, 5) is 14.1. The van der Waals surface area contributed by atoms with Gasteiger partial charge in [-0.1, -0.05) is 6.07 Å². The summed E-state index contributed by atoms with van der Waals surface area (Å²) in [7, 11) is 0. The van der Waals surface area contributed by atoms with Crippen molar-refractivity contribution in [2.24, 2.45) is 0 Å². The average Bonchev–Trinajstić information content (AvgIpc) is 2.95. The second kappa shape index (κ2) is 3.66. The number of hydrogen-bond donors (Lipinski definition) is 3. The Balaban J connectivity index is 2.23. The molecule has 90 valence electrons. The standard InChI is InChI=1S/C13H9NO4/c15-12-3-1-2-10-7(12)4-11(14-10)8-5-18-6-9(8)13(16)17/h1-6,14-15H,(H,16,17). The number of rotatable bonds is 2. The summed E-state index contributed by atoms with van der Waals surface area (Å²) in [5, 5.41) is 19.4. The van der Waals surface area contributed by atoms with Crippen LogP contribution in [0.5, 0.6) is 5.75 Å². The lowest BCUT2D eigenvalue weighted by atomic mass is 10.1. The SMILES string of the molecule is O=C(O)c1cocc1-c1cc2c(O)cccc2[nH]1. The smallest absolute Gasteiger partial charge is 0.339 e. The van der Waals surface area contributed by atoms with Crippen LogP contribution in [0.4, 0.5) is 0 Å². The molecule has 0 saturated heterocycles. The number of nitrogens with one attached hydrogen (secondary N) is 1. The molecule has 2 heterocycles. The molecular formula is C13H9NO4. The molecule has 0 saturated carbocycles. The molecular weight excluding hydrogens is 234 g/mol. The Labute approximate surface area is 101 Å². The fourth-order valence-electron chi connectivity index (χ4n) is 1.96. The van der Waals surface area contributed by atoms with Gasteiger partial charge in [0.1, 0.15) is 23.8 Å². The van der Waals surface area contributed by atoms with Gasteiger partial charge in [-0.15, -0.1) is 0 Å². The Kier molecular flexibility index (Phi) is 2.13. The minimum absolute atomic E-state index is 0.0843. The Morgan fingerprint density at radius 3 is 2.83 bits per heavy atom. The number of carboxylic acids is 1. The number of aromatic nitrogens is 1. The van der Waals surface area contributed by atoms with Gasteiger partial charge in [-0.2, -0.15) is 0 Å². The van der Waals surface area contributed by atoms with Crippen LogP contribution in [-0.2, 0) is 0 Å². The van der Waals surface area contributed by atoms with Crippen LogP contribution in [0.3, 0.4) is 0 Å². The summed E-state index contributed by atoms with van der Waals surface area (Å²) in [6.45, 7) is 0. The predicted molar refractivity (Wildman–Crippen MR) is 64.6 cm³/mol. The van der Waals surface area contributed by atoms with Gasteiger partial charge in [-0.05, 0) is 18.2 Å². The van der Waals surface area contributed by atoms with E-state index in [2.05, 4.69) is 4.98 Å². The van der Waals surface area contributed by atoms with Gasteiger partial charge in [0, 0.05) is 10.9 Å². The third-order valence-electron chi connectivity index (χ3n) is 2.82. The van der Waals surface area contributed by atoms with E-state index in [1.54, 1.807) is 24.3 Å². The highest BCUT2D eigenvalue weighted by Gasteiger charge is 2.16. The fourth-order valence-corrected chi connectivity index (χ4v) is 1.96. The first-order valence-electron chi connectivity index (χ1n) is 5.27. The number of aromatic amines is 1. The van der Waals surface area contributed by atoms with E-state index in [0.717, 1.165) is 5.52 Å². The van der Waals surface area contributed by atoms with E-state index in [1.807, 2.05) is 0 Å². The van der Waals surface area contributed by atoms with Crippen molar-refractivity contribution in [2.45, 2.75) is 0 Å². The van der Waals surface area contributed by atoms with Crippen LogP contribution < -0.4 is 0 Å². The van der Waals surface area contributed by atoms with Gasteiger partial charge in [0.15, 0.2) is 0 Å². The number of furan rings is 1. The summed E-state index contributed by atoms with van der Waals surface area (Å²) < 4.78 is 4.92. The van der Waals surface area contributed by atoms with Crippen molar-refractivity contribution in [1.29, 1.82) is 0 Å². The third-order valence-corrected chi connectivity index (χ3v) is 2.82. The lowest BCUT2D eigenvalue weighted by molar-refractivity contribution is 0.0697. The van der Waals surface area contributed by atoms with Crippen LogP contribution in [0, 0.1) is 0 Å². The highest BCUT2D eigenvalue weighted by atomic mass is 16.4. The predicted octanol–water partition coefficient (Wildman–Crippen LogP) is 2.83. The maximum atomic E-state index is 11.0. The van der Waals surface area contributed by atoms with E-state index in [4.69, 9.17) is 9.52 Å². The topological polar surface area (TPSA) is 86.5 Å². The van der Waals surface area contributed by atoms with E-state index >= 15 is 0 Å². The van der Waals surface area contributed by atoms with Crippen LogP contribution in [0.1, 0.15) is 10.4 Å². The van der Waals surface area contributed by atoms with Gasteiger partial charge in [-0.25, -0.2) is 4.79 Å². The highest BCUT2D eigenvalue weighted by molar-refractivity contribution is 5.98. The molecule has 0 fully saturated rings. The number of benzene rings is 1. The van der Waals surface area contributed by atoms with E-state index in [1.165, 1.54) is 12.5 Å². The number of aromatic hydroxyl groups is 1. The molecule has 0 bridgehead atoms. The molecule has 5 heteroatoms. The first kappa shape index (κ1) is 10.5. The van der Waals surface area contributed by atoms with Crippen molar-refractivity contribution >= 4 is 16.9 Å². The first-order chi connectivity index (χ1) is 8.66. The zero-order chi connectivity index (χ0) is 12.7. The Morgan fingerprint density at radius 2 is 2.11 bits per heavy atom.